The summed E-state index contributed by atoms with van der Waals surface area (Å²) < 4.78 is 0.979. The van der Waals surface area contributed by atoms with Gasteiger partial charge >= 0.3 is 0 Å². The summed E-state index contributed by atoms with van der Waals surface area (Å²) in [6.45, 7) is 2.20. The smallest absolute Gasteiger partial charge is 0.147 e. The summed E-state index contributed by atoms with van der Waals surface area (Å²) in [6, 6.07) is 3.91. The molecule has 3 rings (SSSR count). The van der Waals surface area contributed by atoms with E-state index in [2.05, 4.69) is 20.3 Å². The maximum atomic E-state index is 9.31. The van der Waals surface area contributed by atoms with Gasteiger partial charge < -0.3 is 10.4 Å². The molecule has 0 aromatic carbocycles. The molecule has 18 heavy (non-hydrogen) atoms. The molecule has 0 aliphatic heterocycles. The van der Waals surface area contributed by atoms with Gasteiger partial charge in [0.05, 0.1) is 16.3 Å². The first kappa shape index (κ1) is 11.3. The Morgan fingerprint density at radius 1 is 1.39 bits per heavy atom. The van der Waals surface area contributed by atoms with Gasteiger partial charge in [-0.15, -0.1) is 11.3 Å². The average Bonchev–Trinajstić information content (AvgIpc) is 2.75. The molecule has 0 aliphatic carbocycles. The molecule has 5 nitrogen and oxygen atoms in total. The van der Waals surface area contributed by atoms with Gasteiger partial charge in [0.1, 0.15) is 17.0 Å². The first-order valence-corrected chi connectivity index (χ1v) is 6.47. The van der Waals surface area contributed by atoms with Crippen LogP contribution in [0, 0.1) is 0 Å². The van der Waals surface area contributed by atoms with E-state index in [0.717, 1.165) is 26.3 Å². The quantitative estimate of drug-likeness (QED) is 0.754. The van der Waals surface area contributed by atoms with Crippen LogP contribution in [0.2, 0.25) is 0 Å². The average molecular weight is 260 g/mol. The van der Waals surface area contributed by atoms with Gasteiger partial charge in [0.25, 0.3) is 0 Å². The zero-order valence-corrected chi connectivity index (χ0v) is 10.6. The van der Waals surface area contributed by atoms with Crippen LogP contribution in [0.25, 0.3) is 20.4 Å². The Morgan fingerprint density at radius 3 is 3.11 bits per heavy atom. The highest BCUT2D eigenvalue weighted by Crippen LogP contribution is 2.34. The molecule has 0 spiro atoms. The number of hydrogen-bond acceptors (Lipinski definition) is 6. The molecule has 0 fully saturated rings. The van der Waals surface area contributed by atoms with E-state index >= 15 is 0 Å². The summed E-state index contributed by atoms with van der Waals surface area (Å²) in [5.74, 6) is 0.754. The molecule has 1 atom stereocenters. The number of nitrogens with one attached hydrogen (secondary N) is 1. The molecule has 0 radical (unpaired) electrons. The molecule has 3 heterocycles. The second-order valence-corrected chi connectivity index (χ2v) is 5.09. The Kier molecular flexibility index (Phi) is 2.81. The van der Waals surface area contributed by atoms with E-state index in [9.17, 15) is 5.11 Å². The third-order valence-corrected chi connectivity index (χ3v) is 3.70. The SMILES string of the molecule is CC(O)CNc1ncnc2c1sc1ncccc12. The molecule has 0 aliphatic rings. The van der Waals surface area contributed by atoms with E-state index in [-0.39, 0.29) is 0 Å². The van der Waals surface area contributed by atoms with Gasteiger partial charge in [-0.05, 0) is 19.1 Å². The van der Waals surface area contributed by atoms with Crippen LogP contribution in [-0.2, 0) is 0 Å². The molecule has 2 N–H and O–H groups in total. The zero-order valence-electron chi connectivity index (χ0n) is 9.79. The van der Waals surface area contributed by atoms with E-state index in [1.807, 2.05) is 12.1 Å². The number of rotatable bonds is 3. The number of anilines is 1. The van der Waals surface area contributed by atoms with Crippen molar-refractivity contribution in [3.05, 3.63) is 24.7 Å². The normalized spacial score (nSPS) is 13.0. The molecule has 6 heteroatoms. The summed E-state index contributed by atoms with van der Waals surface area (Å²) in [4.78, 5) is 13.8. The minimum Gasteiger partial charge on any atom is -0.392 e. The van der Waals surface area contributed by atoms with Crippen LogP contribution in [0.5, 0.6) is 0 Å². The maximum Gasteiger partial charge on any atom is 0.147 e. The molecule has 0 saturated heterocycles. The second kappa shape index (κ2) is 4.47. The van der Waals surface area contributed by atoms with Crippen molar-refractivity contribution in [2.75, 3.05) is 11.9 Å². The number of nitrogens with zero attached hydrogens (tertiary/aromatic N) is 3. The van der Waals surface area contributed by atoms with Crippen LogP contribution >= 0.6 is 11.3 Å². The molecule has 1 unspecified atom stereocenters. The first-order chi connectivity index (χ1) is 8.75. The Bertz CT molecular complexity index is 695. The second-order valence-electron chi connectivity index (χ2n) is 4.09. The minimum absolute atomic E-state index is 0.414. The topological polar surface area (TPSA) is 70.9 Å². The highest BCUT2D eigenvalue weighted by atomic mass is 32.1. The minimum atomic E-state index is -0.414. The molecule has 0 saturated carbocycles. The van der Waals surface area contributed by atoms with Gasteiger partial charge in [0.15, 0.2) is 0 Å². The van der Waals surface area contributed by atoms with Gasteiger partial charge in [0.2, 0.25) is 0 Å². The van der Waals surface area contributed by atoms with E-state index < -0.39 is 6.10 Å². The Balaban J connectivity index is 2.15. The lowest BCUT2D eigenvalue weighted by Crippen LogP contribution is -2.16. The van der Waals surface area contributed by atoms with Crippen molar-refractivity contribution >= 4 is 37.6 Å². The fourth-order valence-corrected chi connectivity index (χ4v) is 2.84. The Morgan fingerprint density at radius 2 is 2.28 bits per heavy atom. The predicted molar refractivity (Wildman–Crippen MR) is 72.9 cm³/mol. The number of hydrogen-bond donors (Lipinski definition) is 2. The number of pyridine rings is 1. The van der Waals surface area contributed by atoms with Gasteiger partial charge in [-0.2, -0.15) is 0 Å². The van der Waals surface area contributed by atoms with Crippen LogP contribution in [0.3, 0.4) is 0 Å². The van der Waals surface area contributed by atoms with Crippen molar-refractivity contribution in [1.29, 1.82) is 0 Å². The van der Waals surface area contributed by atoms with Gasteiger partial charge in [-0.1, -0.05) is 0 Å². The van der Waals surface area contributed by atoms with Crippen molar-refractivity contribution < 1.29 is 5.11 Å². The summed E-state index contributed by atoms with van der Waals surface area (Å²) in [6.07, 6.45) is 2.89. The third-order valence-electron chi connectivity index (χ3n) is 2.59. The molecule has 0 bridgehead atoms. The zero-order chi connectivity index (χ0) is 12.5. The van der Waals surface area contributed by atoms with E-state index in [0.29, 0.717) is 6.54 Å². The third kappa shape index (κ3) is 1.89. The standard InChI is InChI=1S/C12H12N4OS/c1-7(17)5-14-11-10-9(15-6-16-11)8-3-2-4-13-12(8)18-10/h2-4,6-7,17H,5H2,1H3,(H,14,15,16). The molecule has 3 aromatic rings. The van der Waals surface area contributed by atoms with Gasteiger partial charge in [-0.25, -0.2) is 15.0 Å². The number of thiophene rings is 1. The van der Waals surface area contributed by atoms with Gasteiger partial charge in [-0.3, -0.25) is 0 Å². The molecule has 3 aromatic heterocycles. The van der Waals surface area contributed by atoms with Crippen molar-refractivity contribution in [3.8, 4) is 0 Å². The van der Waals surface area contributed by atoms with Crippen LogP contribution < -0.4 is 5.32 Å². The van der Waals surface area contributed by atoms with E-state index in [4.69, 9.17) is 0 Å². The fraction of sp³-hybridized carbons (Fsp3) is 0.250. The van der Waals surface area contributed by atoms with E-state index in [1.54, 1.807) is 24.5 Å². The Labute approximate surface area is 108 Å². The van der Waals surface area contributed by atoms with Crippen LogP contribution in [-0.4, -0.2) is 32.7 Å². The lowest BCUT2D eigenvalue weighted by Gasteiger charge is -2.07. The number of aliphatic hydroxyl groups is 1. The number of aliphatic hydroxyl groups excluding tert-OH is 1. The van der Waals surface area contributed by atoms with Crippen molar-refractivity contribution in [2.24, 2.45) is 0 Å². The lowest BCUT2D eigenvalue weighted by atomic mass is 10.3. The highest BCUT2D eigenvalue weighted by Gasteiger charge is 2.11. The number of aromatic nitrogens is 3. The van der Waals surface area contributed by atoms with Crippen molar-refractivity contribution in [2.45, 2.75) is 13.0 Å². The predicted octanol–water partition coefficient (Wildman–Crippen LogP) is 2.03. The summed E-state index contributed by atoms with van der Waals surface area (Å²) in [5, 5.41) is 13.5. The lowest BCUT2D eigenvalue weighted by molar-refractivity contribution is 0.208. The molecular weight excluding hydrogens is 248 g/mol. The highest BCUT2D eigenvalue weighted by molar-refractivity contribution is 7.25. The summed E-state index contributed by atoms with van der Waals surface area (Å²) in [7, 11) is 0. The summed E-state index contributed by atoms with van der Waals surface area (Å²) in [5.41, 5.74) is 0.909. The van der Waals surface area contributed by atoms with Crippen LogP contribution in [0.15, 0.2) is 24.7 Å². The monoisotopic (exact) mass is 260 g/mol. The van der Waals surface area contributed by atoms with E-state index in [1.165, 1.54) is 6.33 Å². The maximum absolute atomic E-state index is 9.31. The number of fused-ring (bicyclic) bond motifs is 3. The van der Waals surface area contributed by atoms with Crippen molar-refractivity contribution in [1.82, 2.24) is 15.0 Å². The molecule has 0 amide bonds. The first-order valence-electron chi connectivity index (χ1n) is 5.66. The fourth-order valence-electron chi connectivity index (χ4n) is 1.78. The van der Waals surface area contributed by atoms with Crippen LogP contribution in [0.4, 0.5) is 5.82 Å². The largest absolute Gasteiger partial charge is 0.392 e. The molecular formula is C12H12N4OS. The van der Waals surface area contributed by atoms with Crippen molar-refractivity contribution in [3.63, 3.8) is 0 Å². The Hall–Kier alpha value is -1.79. The summed E-state index contributed by atoms with van der Waals surface area (Å²) >= 11 is 1.56. The van der Waals surface area contributed by atoms with Gasteiger partial charge in [0, 0.05) is 18.1 Å². The molecule has 92 valence electrons. The van der Waals surface area contributed by atoms with Crippen LogP contribution in [0.1, 0.15) is 6.92 Å².